The van der Waals surface area contributed by atoms with Crippen molar-refractivity contribution in [3.63, 3.8) is 0 Å². The normalized spacial score (nSPS) is 19.8. The van der Waals surface area contributed by atoms with Gasteiger partial charge in [0.1, 0.15) is 5.82 Å². The highest BCUT2D eigenvalue weighted by atomic mass is 19.1. The van der Waals surface area contributed by atoms with Gasteiger partial charge in [0.2, 0.25) is 0 Å². The van der Waals surface area contributed by atoms with Crippen molar-refractivity contribution in [2.24, 2.45) is 0 Å². The SMILES string of the molecule is Fc1ccc(CC2CN(Cc3ccccc3)CCCO2)cc1. The number of rotatable bonds is 4. The number of nitrogens with zero attached hydrogens (tertiary/aromatic N) is 1. The summed E-state index contributed by atoms with van der Waals surface area (Å²) in [6, 6.07) is 17.3. The molecule has 0 saturated carbocycles. The lowest BCUT2D eigenvalue weighted by Crippen LogP contribution is -2.32. The van der Waals surface area contributed by atoms with E-state index in [1.165, 1.54) is 17.7 Å². The summed E-state index contributed by atoms with van der Waals surface area (Å²) in [6.07, 6.45) is 2.08. The minimum Gasteiger partial charge on any atom is -0.376 e. The first kappa shape index (κ1) is 15.2. The quantitative estimate of drug-likeness (QED) is 0.854. The third kappa shape index (κ3) is 4.39. The van der Waals surface area contributed by atoms with Gasteiger partial charge in [0.05, 0.1) is 6.10 Å². The summed E-state index contributed by atoms with van der Waals surface area (Å²) in [5.74, 6) is -0.184. The van der Waals surface area contributed by atoms with E-state index in [2.05, 4.69) is 29.2 Å². The Kier molecular flexibility index (Phi) is 5.20. The largest absolute Gasteiger partial charge is 0.376 e. The first-order chi connectivity index (χ1) is 10.8. The second-order valence-corrected chi connectivity index (χ2v) is 5.90. The van der Waals surface area contributed by atoms with Crippen LogP contribution >= 0.6 is 0 Å². The topological polar surface area (TPSA) is 12.5 Å². The van der Waals surface area contributed by atoms with Crippen LogP contribution in [-0.2, 0) is 17.7 Å². The van der Waals surface area contributed by atoms with Crippen LogP contribution in [0, 0.1) is 5.82 Å². The van der Waals surface area contributed by atoms with Gasteiger partial charge in [-0.25, -0.2) is 4.39 Å². The number of hydrogen-bond donors (Lipinski definition) is 0. The molecular weight excluding hydrogens is 277 g/mol. The molecule has 0 radical (unpaired) electrons. The van der Waals surface area contributed by atoms with E-state index >= 15 is 0 Å². The van der Waals surface area contributed by atoms with Gasteiger partial charge >= 0.3 is 0 Å². The summed E-state index contributed by atoms with van der Waals surface area (Å²) in [7, 11) is 0. The van der Waals surface area contributed by atoms with Crippen LogP contribution in [0.1, 0.15) is 17.5 Å². The van der Waals surface area contributed by atoms with Crippen LogP contribution in [0.4, 0.5) is 4.39 Å². The van der Waals surface area contributed by atoms with Gasteiger partial charge in [-0.1, -0.05) is 42.5 Å². The Morgan fingerprint density at radius 3 is 2.55 bits per heavy atom. The van der Waals surface area contributed by atoms with Crippen molar-refractivity contribution < 1.29 is 9.13 Å². The summed E-state index contributed by atoms with van der Waals surface area (Å²) in [5, 5.41) is 0. The zero-order valence-electron chi connectivity index (χ0n) is 12.7. The Labute approximate surface area is 131 Å². The van der Waals surface area contributed by atoms with Crippen molar-refractivity contribution >= 4 is 0 Å². The molecule has 0 spiro atoms. The first-order valence-electron chi connectivity index (χ1n) is 7.92. The van der Waals surface area contributed by atoms with Crippen LogP contribution in [0.5, 0.6) is 0 Å². The second kappa shape index (κ2) is 7.52. The molecule has 3 heteroatoms. The lowest BCUT2D eigenvalue weighted by Gasteiger charge is -2.24. The minimum absolute atomic E-state index is 0.177. The molecule has 2 aromatic rings. The molecule has 0 aromatic heterocycles. The molecule has 1 saturated heterocycles. The van der Waals surface area contributed by atoms with Crippen LogP contribution in [-0.4, -0.2) is 30.7 Å². The van der Waals surface area contributed by atoms with Crippen molar-refractivity contribution in [2.45, 2.75) is 25.5 Å². The maximum Gasteiger partial charge on any atom is 0.123 e. The van der Waals surface area contributed by atoms with Gasteiger partial charge in [-0.2, -0.15) is 0 Å². The maximum absolute atomic E-state index is 13.0. The number of ether oxygens (including phenoxy) is 1. The van der Waals surface area contributed by atoms with E-state index in [1.54, 1.807) is 0 Å². The predicted octanol–water partition coefficient (Wildman–Crippen LogP) is 3.66. The number of benzene rings is 2. The van der Waals surface area contributed by atoms with E-state index in [-0.39, 0.29) is 11.9 Å². The molecule has 22 heavy (non-hydrogen) atoms. The van der Waals surface area contributed by atoms with E-state index in [0.717, 1.165) is 44.6 Å². The van der Waals surface area contributed by atoms with Crippen molar-refractivity contribution in [1.82, 2.24) is 4.90 Å². The molecule has 1 unspecified atom stereocenters. The lowest BCUT2D eigenvalue weighted by atomic mass is 10.1. The van der Waals surface area contributed by atoms with E-state index < -0.39 is 0 Å². The first-order valence-corrected chi connectivity index (χ1v) is 7.92. The molecule has 0 amide bonds. The standard InChI is InChI=1S/C19H22FNO/c20-18-9-7-16(8-10-18)13-19-15-21(11-4-12-22-19)14-17-5-2-1-3-6-17/h1-3,5-10,19H,4,11-15H2. The van der Waals surface area contributed by atoms with Crippen molar-refractivity contribution in [1.29, 1.82) is 0 Å². The van der Waals surface area contributed by atoms with E-state index in [1.807, 2.05) is 18.2 Å². The van der Waals surface area contributed by atoms with Crippen LogP contribution in [0.3, 0.4) is 0 Å². The van der Waals surface area contributed by atoms with Crippen LogP contribution in [0.15, 0.2) is 54.6 Å². The smallest absolute Gasteiger partial charge is 0.123 e. The molecule has 2 nitrogen and oxygen atoms in total. The average molecular weight is 299 g/mol. The molecule has 116 valence electrons. The molecule has 3 rings (SSSR count). The fourth-order valence-electron chi connectivity index (χ4n) is 2.96. The number of halogens is 1. The third-order valence-corrected chi connectivity index (χ3v) is 4.06. The zero-order chi connectivity index (χ0) is 15.2. The molecule has 1 heterocycles. The van der Waals surface area contributed by atoms with Crippen LogP contribution in [0.25, 0.3) is 0 Å². The molecule has 2 aromatic carbocycles. The fourth-order valence-corrected chi connectivity index (χ4v) is 2.96. The van der Waals surface area contributed by atoms with Crippen molar-refractivity contribution in [3.8, 4) is 0 Å². The fraction of sp³-hybridized carbons (Fsp3) is 0.368. The Morgan fingerprint density at radius 1 is 1.00 bits per heavy atom. The minimum atomic E-state index is -0.184. The van der Waals surface area contributed by atoms with Gasteiger partial charge in [0.25, 0.3) is 0 Å². The predicted molar refractivity (Wildman–Crippen MR) is 86.2 cm³/mol. The molecule has 1 fully saturated rings. The molecule has 0 N–H and O–H groups in total. The average Bonchev–Trinajstić information content (AvgIpc) is 2.76. The van der Waals surface area contributed by atoms with E-state index in [0.29, 0.717) is 0 Å². The Balaban J connectivity index is 1.61. The van der Waals surface area contributed by atoms with Gasteiger partial charge < -0.3 is 4.74 Å². The molecular formula is C19H22FNO. The van der Waals surface area contributed by atoms with Crippen LogP contribution in [0.2, 0.25) is 0 Å². The Bertz CT molecular complexity index is 570. The van der Waals surface area contributed by atoms with E-state index in [9.17, 15) is 4.39 Å². The molecule has 1 aliphatic rings. The molecule has 0 bridgehead atoms. The third-order valence-electron chi connectivity index (χ3n) is 4.06. The molecule has 1 aliphatic heterocycles. The lowest BCUT2D eigenvalue weighted by molar-refractivity contribution is 0.0538. The van der Waals surface area contributed by atoms with Crippen molar-refractivity contribution in [2.75, 3.05) is 19.7 Å². The highest BCUT2D eigenvalue weighted by Gasteiger charge is 2.19. The van der Waals surface area contributed by atoms with Crippen molar-refractivity contribution in [3.05, 3.63) is 71.5 Å². The number of hydrogen-bond acceptors (Lipinski definition) is 2. The van der Waals surface area contributed by atoms with Gasteiger partial charge in [-0.3, -0.25) is 4.90 Å². The Hall–Kier alpha value is -1.71. The highest BCUT2D eigenvalue weighted by Crippen LogP contribution is 2.15. The zero-order valence-corrected chi connectivity index (χ0v) is 12.7. The summed E-state index contributed by atoms with van der Waals surface area (Å²) in [5.41, 5.74) is 2.47. The Morgan fingerprint density at radius 2 is 1.77 bits per heavy atom. The maximum atomic E-state index is 13.0. The summed E-state index contributed by atoms with van der Waals surface area (Å²) < 4.78 is 19.0. The molecule has 0 aliphatic carbocycles. The second-order valence-electron chi connectivity index (χ2n) is 5.90. The summed E-state index contributed by atoms with van der Waals surface area (Å²) >= 11 is 0. The van der Waals surface area contributed by atoms with Gasteiger partial charge in [-0.15, -0.1) is 0 Å². The van der Waals surface area contributed by atoms with E-state index in [4.69, 9.17) is 4.74 Å². The molecule has 1 atom stereocenters. The summed E-state index contributed by atoms with van der Waals surface area (Å²) in [6.45, 7) is 3.75. The van der Waals surface area contributed by atoms with Crippen LogP contribution < -0.4 is 0 Å². The highest BCUT2D eigenvalue weighted by molar-refractivity contribution is 5.17. The van der Waals surface area contributed by atoms with Gasteiger partial charge in [0, 0.05) is 26.2 Å². The monoisotopic (exact) mass is 299 g/mol. The summed E-state index contributed by atoms with van der Waals surface area (Å²) in [4.78, 5) is 2.45. The van der Waals surface area contributed by atoms with Gasteiger partial charge in [0.15, 0.2) is 0 Å². The van der Waals surface area contributed by atoms with Gasteiger partial charge in [-0.05, 0) is 36.1 Å².